The molecule has 0 spiro atoms. The van der Waals surface area contributed by atoms with Gasteiger partial charge in [-0.2, -0.15) is 0 Å². The Bertz CT molecular complexity index is 989. The van der Waals surface area contributed by atoms with Gasteiger partial charge in [-0.3, -0.25) is 0 Å². The second-order valence-electron chi connectivity index (χ2n) is 7.56. The summed E-state index contributed by atoms with van der Waals surface area (Å²) in [7, 11) is 0. The summed E-state index contributed by atoms with van der Waals surface area (Å²) < 4.78 is 5.71. The average Bonchev–Trinajstić information content (AvgIpc) is 3.18. The molecule has 1 heterocycles. The first-order chi connectivity index (χ1) is 14.7. The first-order valence-electron chi connectivity index (χ1n) is 10.3. The van der Waals surface area contributed by atoms with E-state index < -0.39 is 12.2 Å². The predicted octanol–water partition coefficient (Wildman–Crippen LogP) is 5.21. The van der Waals surface area contributed by atoms with Gasteiger partial charge in [-0.05, 0) is 27.8 Å². The maximum absolute atomic E-state index is 9.90. The number of hydrogen-bond donors (Lipinski definition) is 2. The summed E-state index contributed by atoms with van der Waals surface area (Å²) in [5.41, 5.74) is 5.62. The molecule has 3 heteroatoms. The number of benzene rings is 3. The third-order valence-corrected chi connectivity index (χ3v) is 5.38. The van der Waals surface area contributed by atoms with Gasteiger partial charge in [0.05, 0.1) is 18.8 Å². The van der Waals surface area contributed by atoms with Crippen LogP contribution in [-0.2, 0) is 4.74 Å². The first kappa shape index (κ1) is 20.3. The maximum atomic E-state index is 9.90. The van der Waals surface area contributed by atoms with Gasteiger partial charge < -0.3 is 14.9 Å². The van der Waals surface area contributed by atoms with Gasteiger partial charge in [-0.15, -0.1) is 0 Å². The van der Waals surface area contributed by atoms with Gasteiger partial charge >= 0.3 is 0 Å². The fourth-order valence-electron chi connectivity index (χ4n) is 3.60. The molecule has 0 aromatic heterocycles. The number of ether oxygens (including phenoxy) is 1. The van der Waals surface area contributed by atoms with Crippen LogP contribution in [0.3, 0.4) is 0 Å². The largest absolute Gasteiger partial charge is 0.394 e. The Kier molecular flexibility index (Phi) is 6.55. The van der Waals surface area contributed by atoms with Crippen LogP contribution in [0.1, 0.15) is 40.3 Å². The van der Waals surface area contributed by atoms with Gasteiger partial charge in [0, 0.05) is 6.42 Å². The fourth-order valence-corrected chi connectivity index (χ4v) is 3.60. The summed E-state index contributed by atoms with van der Waals surface area (Å²) in [6, 6.07) is 26.9. The second-order valence-corrected chi connectivity index (χ2v) is 7.56. The highest BCUT2D eigenvalue weighted by atomic mass is 16.5. The van der Waals surface area contributed by atoms with E-state index in [1.54, 1.807) is 0 Å². The topological polar surface area (TPSA) is 49.7 Å². The molecule has 3 nitrogen and oxygen atoms in total. The monoisotopic (exact) mass is 398 g/mol. The maximum Gasteiger partial charge on any atom is 0.107 e. The second kappa shape index (κ2) is 9.68. The Morgan fingerprint density at radius 1 is 0.700 bits per heavy atom. The van der Waals surface area contributed by atoms with Crippen LogP contribution in [-0.4, -0.2) is 29.0 Å². The average molecular weight is 399 g/mol. The van der Waals surface area contributed by atoms with Gasteiger partial charge in [0.2, 0.25) is 0 Å². The van der Waals surface area contributed by atoms with E-state index in [0.717, 1.165) is 16.7 Å². The minimum Gasteiger partial charge on any atom is -0.394 e. The molecule has 0 radical (unpaired) electrons. The van der Waals surface area contributed by atoms with Gasteiger partial charge in [0.1, 0.15) is 6.10 Å². The molecule has 2 N–H and O–H groups in total. The van der Waals surface area contributed by atoms with Crippen LogP contribution in [0.15, 0.2) is 78.9 Å². The Labute approximate surface area is 177 Å². The van der Waals surface area contributed by atoms with Gasteiger partial charge in [-0.1, -0.05) is 103 Å². The number of rotatable bonds is 6. The lowest BCUT2D eigenvalue weighted by Gasteiger charge is -2.12. The third kappa shape index (κ3) is 5.14. The van der Waals surface area contributed by atoms with E-state index in [-0.39, 0.29) is 12.7 Å². The molecule has 1 saturated heterocycles. The van der Waals surface area contributed by atoms with E-state index in [1.165, 1.54) is 11.1 Å². The standard InChI is InChI=1S/C27H26O3/c28-19-27-25(29)18-26(30-27)24-16-14-23(15-17-24)13-12-22-10-8-21(9-11-22)7-6-20-4-2-1-3-5-20/h1-17,25-29H,18-19H2/b7-6+,13-12+/t25?,26-,27+/m0/s1. The molecular weight excluding hydrogens is 372 g/mol. The van der Waals surface area contributed by atoms with E-state index in [4.69, 9.17) is 4.74 Å². The van der Waals surface area contributed by atoms with Gasteiger partial charge in [-0.25, -0.2) is 0 Å². The minimum absolute atomic E-state index is 0.153. The molecule has 0 amide bonds. The Hall–Kier alpha value is -2.98. The van der Waals surface area contributed by atoms with Crippen molar-refractivity contribution in [1.82, 2.24) is 0 Å². The molecule has 3 aromatic carbocycles. The Morgan fingerprint density at radius 3 is 1.63 bits per heavy atom. The highest BCUT2D eigenvalue weighted by Crippen LogP contribution is 2.33. The molecule has 30 heavy (non-hydrogen) atoms. The van der Waals surface area contributed by atoms with Crippen molar-refractivity contribution < 1.29 is 14.9 Å². The molecule has 0 bridgehead atoms. The summed E-state index contributed by atoms with van der Waals surface area (Å²) in [6.07, 6.45) is 7.67. The summed E-state index contributed by atoms with van der Waals surface area (Å²) in [4.78, 5) is 0. The van der Waals surface area contributed by atoms with Crippen molar-refractivity contribution in [2.45, 2.75) is 24.7 Å². The SMILES string of the molecule is OC[C@H]1O[C@H](c2ccc(/C=C/c3ccc(/C=C/c4ccccc4)cc3)cc2)CC1O. The van der Waals surface area contributed by atoms with E-state index in [2.05, 4.69) is 60.7 Å². The summed E-state index contributed by atoms with van der Waals surface area (Å²) >= 11 is 0. The predicted molar refractivity (Wildman–Crippen MR) is 123 cm³/mol. The molecule has 0 aliphatic carbocycles. The molecule has 1 fully saturated rings. The van der Waals surface area contributed by atoms with Crippen LogP contribution in [0.5, 0.6) is 0 Å². The quantitative estimate of drug-likeness (QED) is 0.561. The molecule has 3 atom stereocenters. The van der Waals surface area contributed by atoms with Crippen LogP contribution in [0.25, 0.3) is 24.3 Å². The number of hydrogen-bond acceptors (Lipinski definition) is 3. The molecule has 152 valence electrons. The normalized spacial score (nSPS) is 21.6. The molecule has 0 saturated carbocycles. The first-order valence-corrected chi connectivity index (χ1v) is 10.3. The molecule has 1 unspecified atom stereocenters. The van der Waals surface area contributed by atoms with E-state index in [0.29, 0.717) is 6.42 Å². The van der Waals surface area contributed by atoms with Crippen molar-refractivity contribution in [2.24, 2.45) is 0 Å². The molecule has 1 aliphatic rings. The summed E-state index contributed by atoms with van der Waals surface area (Å²) in [6.45, 7) is -0.153. The van der Waals surface area contributed by atoms with E-state index in [9.17, 15) is 10.2 Å². The van der Waals surface area contributed by atoms with Crippen LogP contribution in [0.2, 0.25) is 0 Å². The molecule has 3 aromatic rings. The van der Waals surface area contributed by atoms with E-state index in [1.807, 2.05) is 42.5 Å². The lowest BCUT2D eigenvalue weighted by atomic mass is 10.0. The zero-order valence-electron chi connectivity index (χ0n) is 16.8. The summed E-state index contributed by atoms with van der Waals surface area (Å²) in [5.74, 6) is 0. The lowest BCUT2D eigenvalue weighted by molar-refractivity contribution is -0.0225. The van der Waals surface area contributed by atoms with Gasteiger partial charge in [0.25, 0.3) is 0 Å². The van der Waals surface area contributed by atoms with Crippen LogP contribution >= 0.6 is 0 Å². The minimum atomic E-state index is -0.606. The smallest absolute Gasteiger partial charge is 0.107 e. The van der Waals surface area contributed by atoms with Crippen molar-refractivity contribution >= 4 is 24.3 Å². The van der Waals surface area contributed by atoms with Crippen LogP contribution < -0.4 is 0 Å². The van der Waals surface area contributed by atoms with Crippen molar-refractivity contribution in [3.05, 3.63) is 107 Å². The van der Waals surface area contributed by atoms with Crippen LogP contribution in [0, 0.1) is 0 Å². The highest BCUT2D eigenvalue weighted by Gasteiger charge is 2.33. The van der Waals surface area contributed by atoms with Gasteiger partial charge in [0.15, 0.2) is 0 Å². The van der Waals surface area contributed by atoms with Crippen molar-refractivity contribution in [3.8, 4) is 0 Å². The molecular formula is C27H26O3. The highest BCUT2D eigenvalue weighted by molar-refractivity contribution is 5.73. The van der Waals surface area contributed by atoms with Crippen molar-refractivity contribution in [1.29, 1.82) is 0 Å². The zero-order valence-corrected chi connectivity index (χ0v) is 16.8. The van der Waals surface area contributed by atoms with E-state index >= 15 is 0 Å². The summed E-state index contributed by atoms with van der Waals surface area (Å²) in [5, 5.41) is 19.1. The fraction of sp³-hybridized carbons (Fsp3) is 0.185. The Balaban J connectivity index is 1.36. The zero-order chi connectivity index (χ0) is 20.8. The van der Waals surface area contributed by atoms with Crippen molar-refractivity contribution in [3.63, 3.8) is 0 Å². The number of aliphatic hydroxyl groups excluding tert-OH is 2. The molecule has 1 aliphatic heterocycles. The third-order valence-electron chi connectivity index (χ3n) is 5.38. The van der Waals surface area contributed by atoms with Crippen LogP contribution in [0.4, 0.5) is 0 Å². The molecule has 4 rings (SSSR count). The van der Waals surface area contributed by atoms with Crippen molar-refractivity contribution in [2.75, 3.05) is 6.61 Å². The Morgan fingerprint density at radius 2 is 1.17 bits per heavy atom. The lowest BCUT2D eigenvalue weighted by Crippen LogP contribution is -2.24. The number of aliphatic hydroxyl groups is 2.